The molecule has 4 bridgehead atoms. The number of benzene rings is 1. The molecular weight excluding hydrogens is 402 g/mol. The molecule has 0 fully saturated rings. The van der Waals surface area contributed by atoms with Crippen LogP contribution in [0.5, 0.6) is 0 Å². The van der Waals surface area contributed by atoms with E-state index >= 15 is 0 Å². The van der Waals surface area contributed by atoms with E-state index in [4.69, 9.17) is 9.72 Å². The zero-order valence-corrected chi connectivity index (χ0v) is 18.5. The monoisotopic (exact) mass is 429 g/mol. The van der Waals surface area contributed by atoms with Crippen LogP contribution in [0.15, 0.2) is 65.5 Å². The second-order valence-corrected chi connectivity index (χ2v) is 8.39. The molecule has 7 heteroatoms. The van der Waals surface area contributed by atoms with Gasteiger partial charge in [0, 0.05) is 29.7 Å². The number of fused-ring (bicyclic) bond motifs is 3. The van der Waals surface area contributed by atoms with E-state index in [0.29, 0.717) is 38.1 Å². The fraction of sp³-hybridized carbons (Fsp3) is 0.320. The van der Waals surface area contributed by atoms with Crippen LogP contribution in [0.3, 0.4) is 0 Å². The van der Waals surface area contributed by atoms with Crippen LogP contribution in [0.4, 0.5) is 22.2 Å². The molecule has 1 aromatic carbocycles. The van der Waals surface area contributed by atoms with Crippen molar-refractivity contribution in [2.45, 2.75) is 39.8 Å². The third-order valence-electron chi connectivity index (χ3n) is 6.03. The van der Waals surface area contributed by atoms with Crippen LogP contribution in [0.2, 0.25) is 0 Å². The molecule has 164 valence electrons. The Morgan fingerprint density at radius 3 is 2.94 bits per heavy atom. The highest BCUT2D eigenvalue weighted by atomic mass is 16.5. The maximum absolute atomic E-state index is 13.7. The number of amides is 2. The Kier molecular flexibility index (Phi) is 5.49. The third-order valence-corrected chi connectivity index (χ3v) is 6.03. The van der Waals surface area contributed by atoms with E-state index in [1.165, 1.54) is 5.57 Å². The number of carbonyl (C=O) groups is 1. The van der Waals surface area contributed by atoms with Crippen LogP contribution in [0, 0.1) is 0 Å². The van der Waals surface area contributed by atoms with Crippen LogP contribution < -0.4 is 10.2 Å². The molecule has 1 aromatic heterocycles. The normalized spacial score (nSPS) is 19.8. The lowest BCUT2D eigenvalue weighted by Crippen LogP contribution is -2.48. The molecule has 0 saturated carbocycles. The topological polar surface area (TPSA) is 70.6 Å². The summed E-state index contributed by atoms with van der Waals surface area (Å²) < 4.78 is 5.77. The molecule has 0 saturated heterocycles. The van der Waals surface area contributed by atoms with E-state index < -0.39 is 0 Å². The summed E-state index contributed by atoms with van der Waals surface area (Å²) in [6, 6.07) is 7.94. The second-order valence-electron chi connectivity index (χ2n) is 8.39. The summed E-state index contributed by atoms with van der Waals surface area (Å²) in [6.07, 6.45) is 9.95. The molecule has 2 aromatic rings. The summed E-state index contributed by atoms with van der Waals surface area (Å²) in [5.74, 6) is 1.12. The molecule has 0 spiro atoms. The molecule has 0 unspecified atom stereocenters. The van der Waals surface area contributed by atoms with Gasteiger partial charge in [-0.3, -0.25) is 9.80 Å². The number of ether oxygens (including phenoxy) is 1. The van der Waals surface area contributed by atoms with Gasteiger partial charge in [0.15, 0.2) is 0 Å². The quantitative estimate of drug-likeness (QED) is 0.642. The van der Waals surface area contributed by atoms with Crippen molar-refractivity contribution in [3.05, 3.63) is 76.7 Å². The first-order valence-corrected chi connectivity index (χ1v) is 11.0. The number of allylic oxidation sites excluding steroid dienone is 3. The predicted molar refractivity (Wildman–Crippen MR) is 125 cm³/mol. The Morgan fingerprint density at radius 2 is 2.06 bits per heavy atom. The van der Waals surface area contributed by atoms with Crippen molar-refractivity contribution in [3.8, 4) is 0 Å². The SMILES string of the molecule is CC1=CCCC(C)=C1N1Cc2cnc3nc2N(C/C=C/COCc2cccc(c2)N3)C1=O. The molecule has 1 aliphatic carbocycles. The van der Waals surface area contributed by atoms with Crippen molar-refractivity contribution in [1.82, 2.24) is 14.9 Å². The van der Waals surface area contributed by atoms with E-state index in [-0.39, 0.29) is 6.03 Å². The summed E-state index contributed by atoms with van der Waals surface area (Å²) in [7, 11) is 0. The third kappa shape index (κ3) is 3.91. The minimum Gasteiger partial charge on any atom is -0.373 e. The number of anilines is 3. The van der Waals surface area contributed by atoms with Gasteiger partial charge in [-0.05, 0) is 55.5 Å². The number of hydrogen-bond acceptors (Lipinski definition) is 5. The average Bonchev–Trinajstić information content (AvgIpc) is 2.78. The lowest BCUT2D eigenvalue weighted by Gasteiger charge is -2.38. The van der Waals surface area contributed by atoms with Crippen molar-refractivity contribution in [3.63, 3.8) is 0 Å². The Hall–Kier alpha value is -3.45. The van der Waals surface area contributed by atoms with E-state index in [9.17, 15) is 4.79 Å². The summed E-state index contributed by atoms with van der Waals surface area (Å²) in [4.78, 5) is 26.6. The number of nitrogens with zero attached hydrogens (tertiary/aromatic N) is 4. The molecule has 0 radical (unpaired) electrons. The van der Waals surface area contributed by atoms with Crippen molar-refractivity contribution in [1.29, 1.82) is 0 Å². The zero-order valence-electron chi connectivity index (χ0n) is 18.5. The number of rotatable bonds is 1. The van der Waals surface area contributed by atoms with E-state index in [1.54, 1.807) is 4.90 Å². The van der Waals surface area contributed by atoms with Crippen molar-refractivity contribution >= 4 is 23.5 Å². The molecule has 7 nitrogen and oxygen atoms in total. The largest absolute Gasteiger partial charge is 0.373 e. The molecular formula is C25H27N5O2. The number of aromatic nitrogens is 2. The van der Waals surface area contributed by atoms with Gasteiger partial charge < -0.3 is 10.1 Å². The van der Waals surface area contributed by atoms with Crippen LogP contribution in [0.1, 0.15) is 37.8 Å². The Morgan fingerprint density at radius 1 is 1.16 bits per heavy atom. The number of urea groups is 1. The van der Waals surface area contributed by atoms with E-state index in [0.717, 1.165) is 40.9 Å². The molecule has 2 amide bonds. The lowest BCUT2D eigenvalue weighted by atomic mass is 9.96. The molecule has 2 aliphatic heterocycles. The van der Waals surface area contributed by atoms with Crippen molar-refractivity contribution in [2.75, 3.05) is 23.4 Å². The maximum Gasteiger partial charge on any atom is 0.330 e. The maximum atomic E-state index is 13.7. The van der Waals surface area contributed by atoms with Gasteiger partial charge in [0.25, 0.3) is 0 Å². The van der Waals surface area contributed by atoms with Crippen LogP contribution in [0.25, 0.3) is 0 Å². The van der Waals surface area contributed by atoms with Gasteiger partial charge >= 0.3 is 6.03 Å². The van der Waals surface area contributed by atoms with Gasteiger partial charge in [-0.1, -0.05) is 30.4 Å². The van der Waals surface area contributed by atoms with Crippen LogP contribution in [-0.4, -0.2) is 34.1 Å². The average molecular weight is 430 g/mol. The number of carbonyl (C=O) groups excluding carboxylic acids is 1. The van der Waals surface area contributed by atoms with Gasteiger partial charge in [0.05, 0.1) is 19.8 Å². The van der Waals surface area contributed by atoms with Gasteiger partial charge in [-0.15, -0.1) is 0 Å². The van der Waals surface area contributed by atoms with Gasteiger partial charge in [-0.2, -0.15) is 4.98 Å². The van der Waals surface area contributed by atoms with Crippen molar-refractivity contribution < 1.29 is 9.53 Å². The number of nitrogens with one attached hydrogen (secondary N) is 1. The van der Waals surface area contributed by atoms with Gasteiger partial charge in [-0.25, -0.2) is 9.78 Å². The molecule has 1 N–H and O–H groups in total. The smallest absolute Gasteiger partial charge is 0.330 e. The number of hydrogen-bond donors (Lipinski definition) is 1. The fourth-order valence-electron chi connectivity index (χ4n) is 4.48. The molecule has 3 heterocycles. The Balaban J connectivity index is 1.56. The summed E-state index contributed by atoms with van der Waals surface area (Å²) in [5.41, 5.74) is 6.31. The molecule has 0 atom stereocenters. The standard InChI is InChI=1S/C25H27N5O2/c1-17-7-5-8-18(2)22(17)30-15-20-14-26-24-27-21-10-6-9-19(13-21)16-32-12-4-3-11-29(25(30)31)23(20)28-24/h3-4,6-7,9-10,13-14H,5,8,11-12,15-16H2,1-2H3,(H,26,27,28)/b4-3+. The first-order chi connectivity index (χ1) is 15.6. The van der Waals surface area contributed by atoms with Gasteiger partial charge in [0.1, 0.15) is 5.82 Å². The summed E-state index contributed by atoms with van der Waals surface area (Å²) >= 11 is 0. The Labute approximate surface area is 188 Å². The van der Waals surface area contributed by atoms with Crippen molar-refractivity contribution in [2.24, 2.45) is 0 Å². The molecule has 3 aliphatic rings. The van der Waals surface area contributed by atoms with E-state index in [2.05, 4.69) is 30.2 Å². The minimum absolute atomic E-state index is 0.0641. The van der Waals surface area contributed by atoms with E-state index in [1.807, 2.05) is 47.5 Å². The lowest BCUT2D eigenvalue weighted by molar-refractivity contribution is 0.148. The highest BCUT2D eigenvalue weighted by Gasteiger charge is 2.35. The first kappa shape index (κ1) is 20.5. The second kappa shape index (κ2) is 8.59. The predicted octanol–water partition coefficient (Wildman–Crippen LogP) is 5.06. The first-order valence-electron chi connectivity index (χ1n) is 11.0. The minimum atomic E-state index is -0.0641. The fourth-order valence-corrected chi connectivity index (χ4v) is 4.48. The zero-order chi connectivity index (χ0) is 22.1. The Bertz CT molecular complexity index is 1150. The van der Waals surface area contributed by atoms with Gasteiger partial charge in [0.2, 0.25) is 5.95 Å². The summed E-state index contributed by atoms with van der Waals surface area (Å²) in [5, 5.41) is 3.27. The van der Waals surface area contributed by atoms with Crippen LogP contribution >= 0.6 is 0 Å². The summed E-state index contributed by atoms with van der Waals surface area (Å²) in [6.45, 7) is 6.08. The molecule has 32 heavy (non-hydrogen) atoms. The highest BCUT2D eigenvalue weighted by Crippen LogP contribution is 2.35. The van der Waals surface area contributed by atoms with Crippen LogP contribution in [-0.2, 0) is 17.9 Å². The highest BCUT2D eigenvalue weighted by molar-refractivity contribution is 5.95. The molecule has 5 rings (SSSR count).